The van der Waals surface area contributed by atoms with E-state index in [0.717, 1.165) is 5.56 Å². The lowest BCUT2D eigenvalue weighted by molar-refractivity contribution is 0.0955. The van der Waals surface area contributed by atoms with E-state index in [1.165, 1.54) is 24.8 Å². The second-order valence-corrected chi connectivity index (χ2v) is 4.63. The van der Waals surface area contributed by atoms with E-state index in [9.17, 15) is 4.79 Å². The molecule has 16 heavy (non-hydrogen) atoms. The number of carbonyl (C=O) groups excluding carboxylic acids is 1. The molecule has 1 aliphatic carbocycles. The molecular weight excluding hydrogens is 198 g/mol. The standard InChI is InChI=1S/C14H19NO/c1-10(15-2)14(16)13-8-4-7-12(9-13)11-5-3-6-11/h4,7-11,15H,3,5-6H2,1-2H3. The zero-order chi connectivity index (χ0) is 11.5. The first kappa shape index (κ1) is 11.3. The van der Waals surface area contributed by atoms with E-state index in [1.54, 1.807) is 0 Å². The summed E-state index contributed by atoms with van der Waals surface area (Å²) >= 11 is 0. The van der Waals surface area contributed by atoms with E-state index in [2.05, 4.69) is 17.4 Å². The highest BCUT2D eigenvalue weighted by atomic mass is 16.1. The molecule has 1 N–H and O–H groups in total. The minimum atomic E-state index is -0.100. The Kier molecular flexibility index (Phi) is 3.39. The molecule has 1 saturated carbocycles. The van der Waals surface area contributed by atoms with Crippen LogP contribution in [0.15, 0.2) is 24.3 Å². The highest BCUT2D eigenvalue weighted by Crippen LogP contribution is 2.36. The van der Waals surface area contributed by atoms with Crippen LogP contribution in [0, 0.1) is 0 Å². The SMILES string of the molecule is CNC(C)C(=O)c1cccc(C2CCC2)c1. The molecule has 0 heterocycles. The zero-order valence-electron chi connectivity index (χ0n) is 9.99. The summed E-state index contributed by atoms with van der Waals surface area (Å²) in [6, 6.07) is 8.03. The lowest BCUT2D eigenvalue weighted by atomic mass is 9.79. The van der Waals surface area contributed by atoms with Gasteiger partial charge in [-0.25, -0.2) is 0 Å². The number of benzene rings is 1. The van der Waals surface area contributed by atoms with Crippen molar-refractivity contribution >= 4 is 5.78 Å². The van der Waals surface area contributed by atoms with Crippen LogP contribution in [0.2, 0.25) is 0 Å². The average molecular weight is 217 g/mol. The van der Waals surface area contributed by atoms with Crippen LogP contribution < -0.4 is 5.32 Å². The Morgan fingerprint density at radius 1 is 1.44 bits per heavy atom. The van der Waals surface area contributed by atoms with Gasteiger partial charge in [0.15, 0.2) is 5.78 Å². The second-order valence-electron chi connectivity index (χ2n) is 4.63. The minimum Gasteiger partial charge on any atom is -0.310 e. The fraction of sp³-hybridized carbons (Fsp3) is 0.500. The van der Waals surface area contributed by atoms with Crippen molar-refractivity contribution in [2.24, 2.45) is 0 Å². The summed E-state index contributed by atoms with van der Waals surface area (Å²) < 4.78 is 0. The third-order valence-corrected chi connectivity index (χ3v) is 3.57. The van der Waals surface area contributed by atoms with Crippen LogP contribution in [-0.4, -0.2) is 18.9 Å². The third kappa shape index (κ3) is 2.17. The smallest absolute Gasteiger partial charge is 0.179 e. The fourth-order valence-corrected chi connectivity index (χ4v) is 2.07. The number of hydrogen-bond donors (Lipinski definition) is 1. The van der Waals surface area contributed by atoms with Gasteiger partial charge in [-0.3, -0.25) is 4.79 Å². The topological polar surface area (TPSA) is 29.1 Å². The van der Waals surface area contributed by atoms with Crippen LogP contribution >= 0.6 is 0 Å². The molecule has 0 bridgehead atoms. The van der Waals surface area contributed by atoms with E-state index in [-0.39, 0.29) is 11.8 Å². The normalized spacial score (nSPS) is 17.9. The van der Waals surface area contributed by atoms with Crippen molar-refractivity contribution in [3.63, 3.8) is 0 Å². The van der Waals surface area contributed by atoms with Gasteiger partial charge in [0, 0.05) is 5.56 Å². The number of rotatable bonds is 4. The lowest BCUT2D eigenvalue weighted by Crippen LogP contribution is -2.30. The van der Waals surface area contributed by atoms with E-state index in [1.807, 2.05) is 26.1 Å². The first-order valence-corrected chi connectivity index (χ1v) is 6.04. The zero-order valence-corrected chi connectivity index (χ0v) is 9.99. The van der Waals surface area contributed by atoms with E-state index >= 15 is 0 Å². The fourth-order valence-electron chi connectivity index (χ4n) is 2.07. The van der Waals surface area contributed by atoms with Gasteiger partial charge in [-0.05, 0) is 44.4 Å². The summed E-state index contributed by atoms with van der Waals surface area (Å²) in [7, 11) is 1.82. The van der Waals surface area contributed by atoms with Gasteiger partial charge in [-0.2, -0.15) is 0 Å². The minimum absolute atomic E-state index is 0.100. The van der Waals surface area contributed by atoms with Gasteiger partial charge in [0.25, 0.3) is 0 Å². The Balaban J connectivity index is 2.18. The largest absolute Gasteiger partial charge is 0.310 e. The Hall–Kier alpha value is -1.15. The van der Waals surface area contributed by atoms with Crippen molar-refractivity contribution in [2.75, 3.05) is 7.05 Å². The predicted molar refractivity (Wildman–Crippen MR) is 65.9 cm³/mol. The first-order chi connectivity index (χ1) is 7.72. The molecule has 0 spiro atoms. The summed E-state index contributed by atoms with van der Waals surface area (Å²) in [6.07, 6.45) is 3.88. The molecule has 1 unspecified atom stereocenters. The maximum atomic E-state index is 12.0. The maximum Gasteiger partial charge on any atom is 0.179 e. The molecule has 0 aliphatic heterocycles. The van der Waals surface area contributed by atoms with Crippen molar-refractivity contribution in [1.29, 1.82) is 0 Å². The number of ketones is 1. The molecule has 1 aromatic rings. The van der Waals surface area contributed by atoms with Gasteiger partial charge in [0.05, 0.1) is 6.04 Å². The third-order valence-electron chi connectivity index (χ3n) is 3.57. The van der Waals surface area contributed by atoms with Crippen molar-refractivity contribution in [2.45, 2.75) is 38.1 Å². The summed E-state index contributed by atoms with van der Waals surface area (Å²) in [5, 5.41) is 2.99. The van der Waals surface area contributed by atoms with Gasteiger partial charge in [-0.15, -0.1) is 0 Å². The molecule has 0 aromatic heterocycles. The quantitative estimate of drug-likeness (QED) is 0.786. The Labute approximate surface area is 97.1 Å². The van der Waals surface area contributed by atoms with Gasteiger partial charge >= 0.3 is 0 Å². The van der Waals surface area contributed by atoms with E-state index in [0.29, 0.717) is 5.92 Å². The van der Waals surface area contributed by atoms with Crippen LogP contribution in [0.1, 0.15) is 48.0 Å². The molecule has 1 aliphatic rings. The van der Waals surface area contributed by atoms with E-state index < -0.39 is 0 Å². The highest BCUT2D eigenvalue weighted by molar-refractivity contribution is 6.00. The van der Waals surface area contributed by atoms with Crippen molar-refractivity contribution in [1.82, 2.24) is 5.32 Å². The molecule has 1 atom stereocenters. The highest BCUT2D eigenvalue weighted by Gasteiger charge is 2.21. The second kappa shape index (κ2) is 4.79. The van der Waals surface area contributed by atoms with Crippen LogP contribution in [0.5, 0.6) is 0 Å². The summed E-state index contributed by atoms with van der Waals surface area (Å²) in [5.41, 5.74) is 2.17. The molecule has 1 fully saturated rings. The van der Waals surface area contributed by atoms with E-state index in [4.69, 9.17) is 0 Å². The molecule has 0 saturated heterocycles. The summed E-state index contributed by atoms with van der Waals surface area (Å²) in [5.74, 6) is 0.876. The maximum absolute atomic E-state index is 12.0. The number of hydrogen-bond acceptors (Lipinski definition) is 2. The average Bonchev–Trinajstić information content (AvgIpc) is 2.25. The molecule has 86 valence electrons. The number of carbonyl (C=O) groups is 1. The Morgan fingerprint density at radius 3 is 2.75 bits per heavy atom. The molecule has 1 aromatic carbocycles. The van der Waals surface area contributed by atoms with Crippen molar-refractivity contribution in [3.8, 4) is 0 Å². The monoisotopic (exact) mass is 217 g/mol. The molecule has 2 heteroatoms. The van der Waals surface area contributed by atoms with Crippen molar-refractivity contribution in [3.05, 3.63) is 35.4 Å². The summed E-state index contributed by atoms with van der Waals surface area (Å²) in [6.45, 7) is 1.90. The number of nitrogens with one attached hydrogen (secondary N) is 1. The van der Waals surface area contributed by atoms with Gasteiger partial charge in [-0.1, -0.05) is 24.6 Å². The van der Waals surface area contributed by atoms with Gasteiger partial charge < -0.3 is 5.32 Å². The summed E-state index contributed by atoms with van der Waals surface area (Å²) in [4.78, 5) is 12.0. The molecule has 0 amide bonds. The van der Waals surface area contributed by atoms with Gasteiger partial charge in [0.2, 0.25) is 0 Å². The molecule has 2 rings (SSSR count). The van der Waals surface area contributed by atoms with Crippen molar-refractivity contribution < 1.29 is 4.79 Å². The first-order valence-electron chi connectivity index (χ1n) is 6.04. The predicted octanol–water partition coefficient (Wildman–Crippen LogP) is 2.74. The van der Waals surface area contributed by atoms with Crippen LogP contribution in [0.3, 0.4) is 0 Å². The van der Waals surface area contributed by atoms with Crippen LogP contribution in [-0.2, 0) is 0 Å². The number of Topliss-reactive ketones (excluding diaryl/α,β-unsaturated/α-hetero) is 1. The lowest BCUT2D eigenvalue weighted by Gasteiger charge is -2.26. The Bertz CT molecular complexity index is 382. The molecular formula is C14H19NO. The van der Waals surface area contributed by atoms with Gasteiger partial charge in [0.1, 0.15) is 0 Å². The van der Waals surface area contributed by atoms with Crippen LogP contribution in [0.25, 0.3) is 0 Å². The number of likely N-dealkylation sites (N-methyl/N-ethyl adjacent to an activating group) is 1. The molecule has 2 nitrogen and oxygen atoms in total. The molecule has 0 radical (unpaired) electrons. The Morgan fingerprint density at radius 2 is 2.19 bits per heavy atom. The van der Waals surface area contributed by atoms with Crippen LogP contribution in [0.4, 0.5) is 0 Å².